The number of pyridine rings is 1. The molecular formula is C22H22N6O4S4. The average Bonchev–Trinajstić information content (AvgIpc) is 3.31. The molecule has 0 bridgehead atoms. The minimum absolute atomic E-state index is 0.0146. The molecule has 2 amide bonds. The van der Waals surface area contributed by atoms with Crippen molar-refractivity contribution in [3.63, 3.8) is 0 Å². The fraction of sp³-hybridized carbons (Fsp3) is 0.273. The number of nitrogens with one attached hydrogen (secondary N) is 1. The highest BCUT2D eigenvalue weighted by molar-refractivity contribution is 8.02. The monoisotopic (exact) mass is 562 g/mol. The predicted molar refractivity (Wildman–Crippen MR) is 147 cm³/mol. The molecule has 0 spiro atoms. The Morgan fingerprint density at radius 3 is 2.94 bits per heavy atom. The Morgan fingerprint density at radius 1 is 1.44 bits per heavy atom. The zero-order valence-electron chi connectivity index (χ0n) is 19.0. The smallest absolute Gasteiger partial charge is 0.352 e. The third-order valence-corrected chi connectivity index (χ3v) is 8.53. The number of aromatic nitrogens is 2. The molecule has 4 heterocycles. The molecular weight excluding hydrogens is 541 g/mol. The molecule has 14 heteroatoms. The number of nitrogen functional groups attached to an aromatic ring is 1. The van der Waals surface area contributed by atoms with Crippen LogP contribution in [0.1, 0.15) is 18.2 Å². The van der Waals surface area contributed by atoms with Gasteiger partial charge in [0, 0.05) is 35.0 Å². The van der Waals surface area contributed by atoms with Gasteiger partial charge in [0.05, 0.1) is 0 Å². The minimum Gasteiger partial charge on any atom is -0.477 e. The fourth-order valence-corrected chi connectivity index (χ4v) is 6.73. The first-order chi connectivity index (χ1) is 17.4. The molecule has 0 radical (unpaired) electrons. The van der Waals surface area contributed by atoms with Crippen molar-refractivity contribution in [1.82, 2.24) is 20.2 Å². The predicted octanol–water partition coefficient (Wildman–Crippen LogP) is 2.72. The van der Waals surface area contributed by atoms with Crippen molar-refractivity contribution in [2.75, 3.05) is 23.0 Å². The first-order valence-corrected chi connectivity index (χ1v) is 14.6. The summed E-state index contributed by atoms with van der Waals surface area (Å²) in [5, 5.41) is 15.9. The highest BCUT2D eigenvalue weighted by atomic mass is 32.2. The van der Waals surface area contributed by atoms with Crippen molar-refractivity contribution in [1.29, 1.82) is 0 Å². The summed E-state index contributed by atoms with van der Waals surface area (Å²) in [6.45, 7) is 1.90. The SMILES string of the molecule is CCS/N=C(/C(=O)NC1C(=O)N2C(C(=O)O)=C(CS/C=C\c3cccnc3)CSC12)c1csc(N)n1. The second-order valence-electron chi connectivity index (χ2n) is 7.45. The van der Waals surface area contributed by atoms with Crippen LogP contribution in [0.5, 0.6) is 0 Å². The third-order valence-electron chi connectivity index (χ3n) is 5.10. The van der Waals surface area contributed by atoms with Crippen molar-refractivity contribution < 1.29 is 19.5 Å². The number of aliphatic carboxylic acids is 1. The lowest BCUT2D eigenvalue weighted by atomic mass is 10.0. The summed E-state index contributed by atoms with van der Waals surface area (Å²) in [4.78, 5) is 47.5. The zero-order valence-corrected chi connectivity index (χ0v) is 22.3. The minimum atomic E-state index is -1.16. The number of hydrogen-bond donors (Lipinski definition) is 3. The van der Waals surface area contributed by atoms with Crippen LogP contribution in [0, 0.1) is 0 Å². The molecule has 2 aliphatic rings. The molecule has 0 aromatic carbocycles. The number of thioether (sulfide) groups is 2. The largest absolute Gasteiger partial charge is 0.477 e. The van der Waals surface area contributed by atoms with E-state index in [1.54, 1.807) is 17.8 Å². The Labute approximate surface area is 224 Å². The number of β-lactam (4-membered cyclic amide) rings is 1. The summed E-state index contributed by atoms with van der Waals surface area (Å²) in [6, 6.07) is 2.90. The summed E-state index contributed by atoms with van der Waals surface area (Å²) < 4.78 is 4.25. The standard InChI is InChI=1S/C22H22N6O4S4/c1-2-36-27-15(14-11-35-22(23)25-14)18(29)26-16-19(30)28-17(21(31)32)13(10-34-20(16)28)9-33-7-5-12-4-3-6-24-8-12/h3-8,11,16,20H,2,9-10H2,1H3,(H2,23,25)(H,26,29)(H,31,32)/b7-5-,27-15+. The number of amides is 2. The van der Waals surface area contributed by atoms with Crippen molar-refractivity contribution >= 4 is 81.5 Å². The van der Waals surface area contributed by atoms with Crippen LogP contribution in [0.4, 0.5) is 5.13 Å². The molecule has 1 saturated heterocycles. The maximum absolute atomic E-state index is 13.0. The first kappa shape index (κ1) is 26.3. The van der Waals surface area contributed by atoms with Gasteiger partial charge in [0.2, 0.25) is 0 Å². The van der Waals surface area contributed by atoms with Crippen molar-refractivity contribution in [2.24, 2.45) is 4.40 Å². The number of carboxylic acid groups (broad SMARTS) is 1. The molecule has 2 unspecified atom stereocenters. The van der Waals surface area contributed by atoms with Gasteiger partial charge in [-0.25, -0.2) is 14.2 Å². The first-order valence-electron chi connectivity index (χ1n) is 10.7. The number of nitrogens with two attached hydrogens (primary N) is 1. The van der Waals surface area contributed by atoms with Gasteiger partial charge >= 0.3 is 5.97 Å². The van der Waals surface area contributed by atoms with Crippen molar-refractivity contribution in [2.45, 2.75) is 18.3 Å². The molecule has 4 rings (SSSR count). The van der Waals surface area contributed by atoms with Gasteiger partial charge in [-0.05, 0) is 40.6 Å². The zero-order chi connectivity index (χ0) is 25.7. The highest BCUT2D eigenvalue weighted by Crippen LogP contribution is 2.41. The van der Waals surface area contributed by atoms with E-state index in [0.717, 1.165) is 5.56 Å². The molecule has 0 saturated carbocycles. The maximum atomic E-state index is 13.0. The molecule has 2 aromatic rings. The number of hydrogen-bond acceptors (Lipinski definition) is 11. The van der Waals surface area contributed by atoms with E-state index in [1.807, 2.05) is 30.5 Å². The van der Waals surface area contributed by atoms with E-state index < -0.39 is 29.2 Å². The Bertz CT molecular complexity index is 1250. The van der Waals surface area contributed by atoms with Crippen LogP contribution in [0.2, 0.25) is 0 Å². The third kappa shape index (κ3) is 5.77. The van der Waals surface area contributed by atoms with Crippen molar-refractivity contribution in [3.8, 4) is 0 Å². The summed E-state index contributed by atoms with van der Waals surface area (Å²) in [6.07, 6.45) is 5.31. The lowest BCUT2D eigenvalue weighted by molar-refractivity contribution is -0.150. The second kappa shape index (κ2) is 12.0. The fourth-order valence-electron chi connectivity index (χ4n) is 3.48. The lowest BCUT2D eigenvalue weighted by Gasteiger charge is -2.49. The Balaban J connectivity index is 1.44. The highest BCUT2D eigenvalue weighted by Gasteiger charge is 2.54. The normalized spacial score (nSPS) is 19.9. The molecule has 2 aromatic heterocycles. The summed E-state index contributed by atoms with van der Waals surface area (Å²) in [5.74, 6) is -0.671. The number of fused-ring (bicyclic) bond motifs is 1. The van der Waals surface area contributed by atoms with Gasteiger partial charge in [0.25, 0.3) is 11.8 Å². The number of rotatable bonds is 10. The molecule has 0 aliphatic carbocycles. The number of carbonyl (C=O) groups excluding carboxylic acids is 2. The van der Waals surface area contributed by atoms with Gasteiger partial charge in [0.15, 0.2) is 10.8 Å². The molecule has 10 nitrogen and oxygen atoms in total. The van der Waals surface area contributed by atoms with Gasteiger partial charge in [0.1, 0.15) is 22.8 Å². The van der Waals surface area contributed by atoms with Gasteiger partial charge in [-0.2, -0.15) is 0 Å². The van der Waals surface area contributed by atoms with Gasteiger partial charge in [-0.15, -0.1) is 34.9 Å². The van der Waals surface area contributed by atoms with Crippen LogP contribution in [-0.2, 0) is 14.4 Å². The van der Waals surface area contributed by atoms with Crippen LogP contribution >= 0.6 is 46.8 Å². The Morgan fingerprint density at radius 2 is 2.28 bits per heavy atom. The molecule has 2 aliphatic heterocycles. The van der Waals surface area contributed by atoms with Gasteiger partial charge < -0.3 is 16.2 Å². The average molecular weight is 563 g/mol. The van der Waals surface area contributed by atoms with Crippen LogP contribution < -0.4 is 11.1 Å². The van der Waals surface area contributed by atoms with E-state index in [4.69, 9.17) is 5.73 Å². The van der Waals surface area contributed by atoms with Crippen LogP contribution in [0.15, 0.2) is 51.0 Å². The lowest BCUT2D eigenvalue weighted by Crippen LogP contribution is -2.71. The van der Waals surface area contributed by atoms with E-state index in [9.17, 15) is 19.5 Å². The quantitative estimate of drug-likeness (QED) is 0.224. The van der Waals surface area contributed by atoms with E-state index in [-0.39, 0.29) is 11.4 Å². The molecule has 188 valence electrons. The van der Waals surface area contributed by atoms with Gasteiger partial charge in [-0.3, -0.25) is 19.5 Å². The number of anilines is 1. The maximum Gasteiger partial charge on any atom is 0.352 e. The Kier molecular flexibility index (Phi) is 8.72. The summed E-state index contributed by atoms with van der Waals surface area (Å²) in [7, 11) is 0. The molecule has 2 atom stereocenters. The molecule has 4 N–H and O–H groups in total. The number of thiazole rings is 1. The number of carbonyl (C=O) groups is 3. The molecule has 36 heavy (non-hydrogen) atoms. The van der Waals surface area contributed by atoms with Crippen molar-refractivity contribution in [3.05, 3.63) is 57.8 Å². The number of nitrogens with zero attached hydrogens (tertiary/aromatic N) is 4. The molecule has 1 fully saturated rings. The Hall–Kier alpha value is -2.81. The van der Waals surface area contributed by atoms with E-state index in [0.29, 0.717) is 33.7 Å². The second-order valence-corrected chi connectivity index (χ2v) is 11.4. The summed E-state index contributed by atoms with van der Waals surface area (Å²) >= 11 is 5.24. The van der Waals surface area contributed by atoms with Crippen LogP contribution in [0.3, 0.4) is 0 Å². The van der Waals surface area contributed by atoms with E-state index in [1.165, 1.54) is 51.7 Å². The van der Waals surface area contributed by atoms with Gasteiger partial charge in [-0.1, -0.05) is 13.0 Å². The van der Waals surface area contributed by atoms with E-state index >= 15 is 0 Å². The van der Waals surface area contributed by atoms with E-state index in [2.05, 4.69) is 19.7 Å². The summed E-state index contributed by atoms with van der Waals surface area (Å²) in [5.41, 5.74) is 7.69. The number of carboxylic acids is 1. The topological polar surface area (TPSA) is 151 Å². The van der Waals surface area contributed by atoms with Crippen LogP contribution in [0.25, 0.3) is 6.08 Å². The van der Waals surface area contributed by atoms with Crippen LogP contribution in [-0.4, -0.2) is 72.1 Å².